The Kier molecular flexibility index (Phi) is 8.81. The molecular formula is C28H25BrClN3O5. The highest BCUT2D eigenvalue weighted by atomic mass is 79.9. The first-order valence-electron chi connectivity index (χ1n) is 11.9. The zero-order valence-electron chi connectivity index (χ0n) is 20.4. The Balaban J connectivity index is 1.34. The summed E-state index contributed by atoms with van der Waals surface area (Å²) in [7, 11) is 0. The molecule has 2 N–H and O–H groups in total. The van der Waals surface area contributed by atoms with Crippen LogP contribution in [0.1, 0.15) is 29.0 Å². The number of aryl methyl sites for hydroxylation is 1. The van der Waals surface area contributed by atoms with Gasteiger partial charge in [-0.05, 0) is 51.7 Å². The van der Waals surface area contributed by atoms with Crippen LogP contribution in [0.2, 0.25) is 5.02 Å². The van der Waals surface area contributed by atoms with E-state index in [-0.39, 0.29) is 13.0 Å². The topological polar surface area (TPSA) is 105 Å². The number of carbonyl (C=O) groups is 4. The first kappa shape index (κ1) is 27.3. The normalized spacial score (nSPS) is 14.9. The van der Waals surface area contributed by atoms with Crippen LogP contribution < -0.4 is 10.7 Å². The fourth-order valence-corrected chi connectivity index (χ4v) is 4.80. The zero-order chi connectivity index (χ0) is 27.2. The molecule has 1 fully saturated rings. The van der Waals surface area contributed by atoms with Crippen LogP contribution in [0.5, 0.6) is 0 Å². The van der Waals surface area contributed by atoms with Crippen molar-refractivity contribution < 1.29 is 23.9 Å². The van der Waals surface area contributed by atoms with Crippen LogP contribution in [0.3, 0.4) is 0 Å². The Bertz CT molecular complexity index is 1310. The van der Waals surface area contributed by atoms with E-state index < -0.39 is 42.1 Å². The third-order valence-electron chi connectivity index (χ3n) is 6.12. The average molecular weight is 599 g/mol. The van der Waals surface area contributed by atoms with Crippen molar-refractivity contribution in [2.75, 3.05) is 18.5 Å². The number of nitrogens with one attached hydrogen (secondary N) is 2. The van der Waals surface area contributed by atoms with Crippen LogP contribution in [-0.2, 0) is 23.9 Å². The van der Waals surface area contributed by atoms with Gasteiger partial charge in [-0.25, -0.2) is 0 Å². The lowest BCUT2D eigenvalue weighted by molar-refractivity contribution is -0.151. The van der Waals surface area contributed by atoms with Crippen molar-refractivity contribution in [3.8, 4) is 0 Å². The predicted octanol–water partition coefficient (Wildman–Crippen LogP) is 4.60. The molecule has 38 heavy (non-hydrogen) atoms. The molecule has 8 nitrogen and oxygen atoms in total. The average Bonchev–Trinajstić information content (AvgIpc) is 3.27. The summed E-state index contributed by atoms with van der Waals surface area (Å²) in [5, 5.41) is 4.22. The van der Waals surface area contributed by atoms with Gasteiger partial charge >= 0.3 is 5.97 Å². The van der Waals surface area contributed by atoms with Gasteiger partial charge in [0.2, 0.25) is 5.91 Å². The maximum atomic E-state index is 13.3. The highest BCUT2D eigenvalue weighted by Gasteiger charge is 2.37. The summed E-state index contributed by atoms with van der Waals surface area (Å²) in [5.74, 6) is -3.50. The van der Waals surface area contributed by atoms with E-state index in [1.54, 1.807) is 19.1 Å². The summed E-state index contributed by atoms with van der Waals surface area (Å²) in [6.45, 7) is 1.23. The highest BCUT2D eigenvalue weighted by molar-refractivity contribution is 9.10. The van der Waals surface area contributed by atoms with Crippen molar-refractivity contribution in [3.63, 3.8) is 0 Å². The molecule has 1 atom stereocenters. The Labute approximate surface area is 233 Å². The summed E-state index contributed by atoms with van der Waals surface area (Å²) in [4.78, 5) is 50.8. The number of esters is 1. The standard InChI is InChI=1S/C28H25BrClN3O5/c1-17-12-21(29)22(30)14-23(17)31-24(34)16-38-28(37)20-13-25(35)33(15-20)32-27(36)26(18-8-4-2-5-9-18)19-10-6-3-7-11-19/h2-12,14,20,26H,13,15-16H2,1H3,(H,31,34)(H,32,36)/t20-/m1/s1. The van der Waals surface area contributed by atoms with Crippen LogP contribution in [0, 0.1) is 12.8 Å². The van der Waals surface area contributed by atoms with Gasteiger partial charge < -0.3 is 10.1 Å². The molecule has 0 radical (unpaired) electrons. The number of ether oxygens (including phenoxy) is 1. The third kappa shape index (κ3) is 6.59. The number of nitrogens with zero attached hydrogens (tertiary/aromatic N) is 1. The molecule has 3 amide bonds. The van der Waals surface area contributed by atoms with Gasteiger partial charge in [0.15, 0.2) is 6.61 Å². The summed E-state index contributed by atoms with van der Waals surface area (Å²) in [6, 6.07) is 21.8. The molecule has 0 saturated carbocycles. The van der Waals surface area contributed by atoms with Crippen molar-refractivity contribution in [2.24, 2.45) is 5.92 Å². The second kappa shape index (κ2) is 12.2. The summed E-state index contributed by atoms with van der Waals surface area (Å²) in [6.07, 6.45) is -0.135. The smallest absolute Gasteiger partial charge is 0.311 e. The largest absolute Gasteiger partial charge is 0.455 e. The molecule has 4 rings (SSSR count). The number of benzene rings is 3. The molecule has 10 heteroatoms. The van der Waals surface area contributed by atoms with E-state index in [1.807, 2.05) is 60.7 Å². The monoisotopic (exact) mass is 597 g/mol. The number of halogens is 2. The van der Waals surface area contributed by atoms with Gasteiger partial charge in [-0.15, -0.1) is 0 Å². The van der Waals surface area contributed by atoms with Crippen molar-refractivity contribution in [3.05, 3.63) is 99.0 Å². The number of carbonyl (C=O) groups excluding carboxylic acids is 4. The fourth-order valence-electron chi connectivity index (χ4n) is 4.18. The van der Waals surface area contributed by atoms with Gasteiger partial charge in [0, 0.05) is 16.6 Å². The Morgan fingerprint density at radius 2 is 1.66 bits per heavy atom. The third-order valence-corrected chi connectivity index (χ3v) is 7.32. The van der Waals surface area contributed by atoms with Crippen LogP contribution in [0.15, 0.2) is 77.3 Å². The molecule has 1 aliphatic rings. The van der Waals surface area contributed by atoms with E-state index in [2.05, 4.69) is 26.7 Å². The van der Waals surface area contributed by atoms with Crippen LogP contribution in [-0.4, -0.2) is 41.9 Å². The van der Waals surface area contributed by atoms with Crippen molar-refractivity contribution in [2.45, 2.75) is 19.3 Å². The molecule has 3 aromatic carbocycles. The van der Waals surface area contributed by atoms with Gasteiger partial charge in [0.25, 0.3) is 11.8 Å². The summed E-state index contributed by atoms with van der Waals surface area (Å²) < 4.78 is 5.85. The molecule has 0 aliphatic carbocycles. The predicted molar refractivity (Wildman–Crippen MR) is 146 cm³/mol. The number of hydrogen-bond acceptors (Lipinski definition) is 5. The molecular weight excluding hydrogens is 574 g/mol. The lowest BCUT2D eigenvalue weighted by Crippen LogP contribution is -2.45. The number of amides is 3. The molecule has 0 aromatic heterocycles. The minimum Gasteiger partial charge on any atom is -0.455 e. The molecule has 1 aliphatic heterocycles. The summed E-state index contributed by atoms with van der Waals surface area (Å²) >= 11 is 9.40. The number of rotatable bonds is 8. The van der Waals surface area contributed by atoms with E-state index >= 15 is 0 Å². The molecule has 3 aromatic rings. The van der Waals surface area contributed by atoms with Gasteiger partial charge in [-0.1, -0.05) is 72.3 Å². The van der Waals surface area contributed by atoms with E-state index in [0.29, 0.717) is 15.2 Å². The maximum absolute atomic E-state index is 13.3. The van der Waals surface area contributed by atoms with Crippen LogP contribution in [0.25, 0.3) is 0 Å². The molecule has 0 bridgehead atoms. The summed E-state index contributed by atoms with van der Waals surface area (Å²) in [5.41, 5.74) is 5.48. The molecule has 196 valence electrons. The highest BCUT2D eigenvalue weighted by Crippen LogP contribution is 2.29. The van der Waals surface area contributed by atoms with Crippen molar-refractivity contribution in [1.29, 1.82) is 0 Å². The van der Waals surface area contributed by atoms with Gasteiger partial charge in [-0.2, -0.15) is 0 Å². The van der Waals surface area contributed by atoms with E-state index in [4.69, 9.17) is 16.3 Å². The molecule has 1 heterocycles. The van der Waals surface area contributed by atoms with E-state index in [9.17, 15) is 19.2 Å². The second-order valence-electron chi connectivity index (χ2n) is 8.87. The van der Waals surface area contributed by atoms with E-state index in [0.717, 1.165) is 21.7 Å². The minimum absolute atomic E-state index is 0.0528. The van der Waals surface area contributed by atoms with Crippen LogP contribution >= 0.6 is 27.5 Å². The van der Waals surface area contributed by atoms with E-state index in [1.165, 1.54) is 0 Å². The zero-order valence-corrected chi connectivity index (χ0v) is 22.8. The molecule has 1 saturated heterocycles. The Morgan fingerprint density at radius 1 is 1.05 bits per heavy atom. The van der Waals surface area contributed by atoms with Gasteiger partial charge in [0.1, 0.15) is 0 Å². The first-order chi connectivity index (χ1) is 18.2. The number of anilines is 1. The molecule has 0 spiro atoms. The first-order valence-corrected chi connectivity index (χ1v) is 13.0. The Morgan fingerprint density at radius 3 is 2.26 bits per heavy atom. The van der Waals surface area contributed by atoms with Crippen molar-refractivity contribution in [1.82, 2.24) is 10.4 Å². The molecule has 0 unspecified atom stereocenters. The lowest BCUT2D eigenvalue weighted by Gasteiger charge is -2.23. The minimum atomic E-state index is -0.814. The lowest BCUT2D eigenvalue weighted by atomic mass is 9.91. The Hall–Kier alpha value is -3.69. The maximum Gasteiger partial charge on any atom is 0.311 e. The van der Waals surface area contributed by atoms with Gasteiger partial charge in [0.05, 0.1) is 23.4 Å². The fraction of sp³-hybridized carbons (Fsp3) is 0.214. The second-order valence-corrected chi connectivity index (χ2v) is 10.1. The van der Waals surface area contributed by atoms with Crippen LogP contribution in [0.4, 0.5) is 5.69 Å². The quantitative estimate of drug-likeness (QED) is 0.369. The van der Waals surface area contributed by atoms with Crippen molar-refractivity contribution >= 4 is 56.9 Å². The number of hydrazine groups is 1. The number of hydrogen-bond donors (Lipinski definition) is 2. The van der Waals surface area contributed by atoms with Gasteiger partial charge in [-0.3, -0.25) is 29.6 Å². The SMILES string of the molecule is Cc1cc(Br)c(Cl)cc1NC(=O)COC(=O)[C@@H]1CC(=O)N(NC(=O)C(c2ccccc2)c2ccccc2)C1.